The molecule has 0 saturated heterocycles. The third kappa shape index (κ3) is 30.0. The fourth-order valence-electron chi connectivity index (χ4n) is 8.33. The van der Waals surface area contributed by atoms with Gasteiger partial charge in [0.15, 0.2) is 11.5 Å². The Kier molecular flexibility index (Phi) is 39.8. The van der Waals surface area contributed by atoms with Crippen LogP contribution in [0.4, 0.5) is 38.9 Å². The Balaban J connectivity index is 0.000000628. The number of aliphatic hydroxyl groups is 12. The number of carbonyl (C=O) groups is 3. The molecular formula is C59H84N10O25S2. The molecule has 37 heteroatoms. The average Bonchev–Trinajstić information content (AvgIpc) is 0.776. The van der Waals surface area contributed by atoms with Crippen LogP contribution in [0.3, 0.4) is 0 Å². The van der Waals surface area contributed by atoms with E-state index in [2.05, 4.69) is 31.1 Å². The highest BCUT2D eigenvalue weighted by molar-refractivity contribution is 7.86. The Morgan fingerprint density at radius 2 is 0.594 bits per heavy atom. The molecule has 0 aliphatic carbocycles. The van der Waals surface area contributed by atoms with Crippen molar-refractivity contribution in [2.75, 3.05) is 168 Å². The second kappa shape index (κ2) is 45.5. The number of azo groups is 2. The largest absolute Gasteiger partial charge is 0.505 e. The normalized spacial score (nSPS) is 11.5. The number of carbonyl (C=O) groups excluding carboxylic acids is 1. The van der Waals surface area contributed by atoms with Crippen LogP contribution in [-0.4, -0.2) is 303 Å². The molecule has 96 heavy (non-hydrogen) atoms. The molecule has 0 unspecified atom stereocenters. The van der Waals surface area contributed by atoms with Gasteiger partial charge in [-0.15, -0.1) is 10.2 Å². The second-order valence-corrected chi connectivity index (χ2v) is 22.5. The summed E-state index contributed by atoms with van der Waals surface area (Å²) in [6, 6.07) is 19.1. The summed E-state index contributed by atoms with van der Waals surface area (Å²) in [6.45, 7) is 7.01. The first-order valence-corrected chi connectivity index (χ1v) is 32.0. The van der Waals surface area contributed by atoms with Crippen molar-refractivity contribution in [2.45, 2.75) is 9.79 Å². The summed E-state index contributed by atoms with van der Waals surface area (Å²) in [5, 5.41) is 162. The topological polar surface area (TPSA) is 570 Å². The highest BCUT2D eigenvalue weighted by Gasteiger charge is 2.24. The van der Waals surface area contributed by atoms with Gasteiger partial charge in [-0.3, -0.25) is 28.7 Å². The van der Waals surface area contributed by atoms with E-state index in [9.17, 15) is 50.5 Å². The maximum atomic E-state index is 13.0. The SMILES string of the molecule is O=C(Nc1ccc2c(O)c(N=Nc3ccc(C(=O)O)cc3)c(S(=O)(=O)O)cc2c1)Nc1ccc2c(O)c(N=Nc3ccc(C(=O)O)cc3)c(S(=O)(=O)O)cc2c1.OCCN(CCO)CCO.OCCN(CCO)CCO.OCCN(CCO)CCO.OCCN(CCO)CCO. The quantitative estimate of drug-likeness (QED) is 0.0196. The maximum absolute atomic E-state index is 13.0. The van der Waals surface area contributed by atoms with Gasteiger partial charge in [-0.25, -0.2) is 14.4 Å². The van der Waals surface area contributed by atoms with Crippen LogP contribution in [0.25, 0.3) is 21.5 Å². The fourth-order valence-corrected chi connectivity index (χ4v) is 9.65. The lowest BCUT2D eigenvalue weighted by atomic mass is 10.1. The molecule has 20 N–H and O–H groups in total. The number of aromatic carboxylic acids is 2. The summed E-state index contributed by atoms with van der Waals surface area (Å²) < 4.78 is 69.0. The van der Waals surface area contributed by atoms with Gasteiger partial charge in [0.1, 0.15) is 21.2 Å². The third-order valence-electron chi connectivity index (χ3n) is 12.9. The highest BCUT2D eigenvalue weighted by Crippen LogP contribution is 2.44. The Hall–Kier alpha value is -7.97. The van der Waals surface area contributed by atoms with Gasteiger partial charge in [-0.05, 0) is 108 Å². The van der Waals surface area contributed by atoms with E-state index in [0.29, 0.717) is 78.5 Å². The minimum atomic E-state index is -4.99. The second-order valence-electron chi connectivity index (χ2n) is 19.7. The summed E-state index contributed by atoms with van der Waals surface area (Å²) in [6.07, 6.45) is 0. The van der Waals surface area contributed by atoms with Crippen LogP contribution in [0.15, 0.2) is 127 Å². The zero-order valence-corrected chi connectivity index (χ0v) is 53.6. The number of fused-ring (bicyclic) bond motifs is 2. The van der Waals surface area contributed by atoms with E-state index in [4.69, 9.17) is 71.5 Å². The number of amides is 2. The summed E-state index contributed by atoms with van der Waals surface area (Å²) in [5.41, 5.74) is -0.905. The molecule has 0 heterocycles. The molecule has 2 amide bonds. The van der Waals surface area contributed by atoms with Crippen LogP contribution in [-0.2, 0) is 20.2 Å². The van der Waals surface area contributed by atoms with E-state index in [0.717, 1.165) is 12.1 Å². The molecule has 0 spiro atoms. The molecule has 0 radical (unpaired) electrons. The van der Waals surface area contributed by atoms with E-state index < -0.39 is 70.9 Å². The number of aromatic hydroxyl groups is 2. The van der Waals surface area contributed by atoms with Gasteiger partial charge in [0.25, 0.3) is 20.2 Å². The number of hydrogen-bond acceptors (Lipinski definition) is 29. The number of nitrogens with zero attached hydrogens (tertiary/aromatic N) is 8. The molecule has 0 aromatic heterocycles. The first kappa shape index (κ1) is 84.1. The van der Waals surface area contributed by atoms with Gasteiger partial charge in [0.05, 0.1) is 102 Å². The lowest BCUT2D eigenvalue weighted by molar-refractivity contribution is 0.0686. The van der Waals surface area contributed by atoms with E-state index >= 15 is 0 Å². The van der Waals surface area contributed by atoms with Crippen molar-refractivity contribution in [3.8, 4) is 11.5 Å². The molecule has 532 valence electrons. The van der Waals surface area contributed by atoms with Crippen LogP contribution in [0.5, 0.6) is 11.5 Å². The van der Waals surface area contributed by atoms with Gasteiger partial charge in [0, 0.05) is 101 Å². The van der Waals surface area contributed by atoms with Gasteiger partial charge < -0.3 is 92.3 Å². The number of carboxylic acids is 2. The standard InChI is InChI=1S/C35H24N6O13S2.4C6H15NO3/c42-31-25-11-9-23(13-19(25)15-27(55(49,50)51)29(31)40-38-21-5-1-17(2-6-21)33(44)45)36-35(48)37-24-10-12-26-20(14-24)16-28(56(52,53)54)30(32(26)43)41-39-22-7-3-18(4-8-22)34(46)47;4*8-4-1-7(2-5-9)3-6-10/h1-16,42-43H,(H,44,45)(H,46,47)(H2,36,37,48)(H,49,50,51)(H,52,53,54);4*8-10H,1-6H2. The van der Waals surface area contributed by atoms with Crippen LogP contribution in [0.2, 0.25) is 0 Å². The molecule has 0 aliphatic rings. The first-order valence-electron chi connectivity index (χ1n) is 29.1. The number of carboxylic acid groups (broad SMARTS) is 2. The number of phenolic OH excluding ortho intramolecular Hbond substituents is 2. The van der Waals surface area contributed by atoms with Crippen LogP contribution < -0.4 is 10.6 Å². The Bertz CT molecular complexity index is 3290. The molecule has 6 rings (SSSR count). The minimum absolute atomic E-state index is 0.0403. The predicted molar refractivity (Wildman–Crippen MR) is 349 cm³/mol. The minimum Gasteiger partial charge on any atom is -0.505 e. The zero-order valence-electron chi connectivity index (χ0n) is 52.0. The Morgan fingerprint density at radius 1 is 0.354 bits per heavy atom. The number of rotatable bonds is 34. The molecule has 0 bridgehead atoms. The molecule has 0 saturated carbocycles. The fraction of sp³-hybridized carbons (Fsp3) is 0.407. The Labute approximate surface area is 551 Å². The van der Waals surface area contributed by atoms with Crippen molar-refractivity contribution in [1.29, 1.82) is 0 Å². The lowest BCUT2D eigenvalue weighted by Gasteiger charge is -2.17. The highest BCUT2D eigenvalue weighted by atomic mass is 32.2. The van der Waals surface area contributed by atoms with Gasteiger partial charge in [0.2, 0.25) is 0 Å². The van der Waals surface area contributed by atoms with Crippen molar-refractivity contribution < 1.29 is 122 Å². The van der Waals surface area contributed by atoms with E-state index in [-0.39, 0.29) is 135 Å². The molecule has 0 aliphatic heterocycles. The summed E-state index contributed by atoms with van der Waals surface area (Å²) >= 11 is 0. The number of benzene rings is 6. The number of nitrogens with one attached hydrogen (secondary N) is 2. The molecule has 0 fully saturated rings. The van der Waals surface area contributed by atoms with Crippen molar-refractivity contribution >= 4 is 93.9 Å². The average molecular weight is 1400 g/mol. The molecular weight excluding hydrogens is 1310 g/mol. The van der Waals surface area contributed by atoms with Gasteiger partial charge in [-0.1, -0.05) is 0 Å². The smallest absolute Gasteiger partial charge is 0.335 e. The predicted octanol–water partition coefficient (Wildman–Crippen LogP) is 0.830. The number of aliphatic hydroxyl groups excluding tert-OH is 12. The molecule has 0 atom stereocenters. The van der Waals surface area contributed by atoms with Gasteiger partial charge >= 0.3 is 18.0 Å². The molecule has 6 aromatic rings. The lowest BCUT2D eigenvalue weighted by Crippen LogP contribution is -2.32. The van der Waals surface area contributed by atoms with Crippen molar-refractivity contribution in [3.05, 3.63) is 108 Å². The molecule has 35 nitrogen and oxygen atoms in total. The van der Waals surface area contributed by atoms with E-state index in [1.807, 2.05) is 0 Å². The van der Waals surface area contributed by atoms with E-state index in [1.165, 1.54) is 84.9 Å². The number of urea groups is 1. The number of phenols is 2. The number of hydrogen-bond donors (Lipinski definition) is 20. The van der Waals surface area contributed by atoms with Crippen molar-refractivity contribution in [3.63, 3.8) is 0 Å². The van der Waals surface area contributed by atoms with E-state index in [1.54, 1.807) is 19.6 Å². The summed E-state index contributed by atoms with van der Waals surface area (Å²) in [5.74, 6) is -3.73. The van der Waals surface area contributed by atoms with Crippen molar-refractivity contribution in [2.24, 2.45) is 20.5 Å². The van der Waals surface area contributed by atoms with Crippen LogP contribution in [0.1, 0.15) is 20.7 Å². The van der Waals surface area contributed by atoms with Crippen LogP contribution >= 0.6 is 0 Å². The molecule has 6 aromatic carbocycles. The van der Waals surface area contributed by atoms with Gasteiger partial charge in [-0.2, -0.15) is 27.1 Å². The van der Waals surface area contributed by atoms with Crippen molar-refractivity contribution in [1.82, 2.24) is 19.6 Å². The maximum Gasteiger partial charge on any atom is 0.335 e. The third-order valence-corrected chi connectivity index (χ3v) is 14.7. The zero-order chi connectivity index (χ0) is 71.8. The summed E-state index contributed by atoms with van der Waals surface area (Å²) in [7, 11) is -9.99. The number of anilines is 2. The van der Waals surface area contributed by atoms with Crippen LogP contribution in [0, 0.1) is 0 Å². The monoisotopic (exact) mass is 1400 g/mol. The first-order chi connectivity index (χ1) is 45.8. The Morgan fingerprint density at radius 3 is 0.802 bits per heavy atom. The summed E-state index contributed by atoms with van der Waals surface area (Å²) in [4.78, 5) is 40.7.